The molecule has 0 bridgehead atoms. The van der Waals surface area contributed by atoms with Crippen molar-refractivity contribution in [3.8, 4) is 6.07 Å². The van der Waals surface area contributed by atoms with Crippen molar-refractivity contribution in [3.63, 3.8) is 0 Å². The predicted octanol–water partition coefficient (Wildman–Crippen LogP) is -0.854. The molecule has 2 unspecified atom stereocenters. The molecule has 1 aromatic heterocycles. The van der Waals surface area contributed by atoms with Gasteiger partial charge in [-0.05, 0) is 0 Å². The van der Waals surface area contributed by atoms with Crippen molar-refractivity contribution >= 4 is 5.69 Å². The molecule has 2 atom stereocenters. The van der Waals surface area contributed by atoms with Crippen LogP contribution in [0.3, 0.4) is 0 Å². The quantitative estimate of drug-likeness (QED) is 0.226. The highest BCUT2D eigenvalue weighted by Gasteiger charge is 2.28. The van der Waals surface area contributed by atoms with Crippen molar-refractivity contribution in [1.82, 2.24) is 0 Å². The second kappa shape index (κ2) is 4.52. The van der Waals surface area contributed by atoms with Crippen molar-refractivity contribution in [2.24, 2.45) is 0 Å². The number of nitriles is 1. The Balaban J connectivity index is 3.25. The molecule has 0 aliphatic carbocycles. The van der Waals surface area contributed by atoms with E-state index >= 15 is 0 Å². The Morgan fingerprint density at radius 1 is 1.56 bits per heavy atom. The summed E-state index contributed by atoms with van der Waals surface area (Å²) in [6, 6.07) is 2.21. The van der Waals surface area contributed by atoms with Gasteiger partial charge in [-0.2, -0.15) is 9.99 Å². The summed E-state index contributed by atoms with van der Waals surface area (Å²) in [5, 5.41) is 48.3. The Kier molecular flexibility index (Phi) is 3.34. The third kappa shape index (κ3) is 2.22. The largest absolute Gasteiger partial charge is 0.619 e. The lowest BCUT2D eigenvalue weighted by Crippen LogP contribution is -2.28. The van der Waals surface area contributed by atoms with E-state index in [1.165, 1.54) is 6.07 Å². The van der Waals surface area contributed by atoms with Gasteiger partial charge in [0, 0.05) is 0 Å². The molecule has 1 rings (SSSR count). The zero-order chi connectivity index (χ0) is 12.3. The lowest BCUT2D eigenvalue weighted by atomic mass is 10.1. The molecule has 84 valence electrons. The topological polar surface area (TPSA) is 134 Å². The van der Waals surface area contributed by atoms with Gasteiger partial charge in [0.25, 0.3) is 5.69 Å². The van der Waals surface area contributed by atoms with Crippen LogP contribution in [0.25, 0.3) is 0 Å². The zero-order valence-electron chi connectivity index (χ0n) is 7.85. The number of aromatic nitrogens is 1. The van der Waals surface area contributed by atoms with Gasteiger partial charge in [0.15, 0.2) is 18.5 Å². The van der Waals surface area contributed by atoms with E-state index in [0.717, 1.165) is 18.5 Å². The highest BCUT2D eigenvalue weighted by Crippen LogP contribution is 2.25. The predicted molar refractivity (Wildman–Crippen MR) is 48.6 cm³/mol. The van der Waals surface area contributed by atoms with Crippen LogP contribution in [-0.4, -0.2) is 21.2 Å². The Morgan fingerprint density at radius 2 is 2.19 bits per heavy atom. The number of rotatable bonds is 3. The number of nitrogens with zero attached hydrogens (tertiary/aromatic N) is 3. The number of aliphatic hydroxyl groups excluding tert-OH is 2. The molecule has 0 aliphatic heterocycles. The van der Waals surface area contributed by atoms with Crippen molar-refractivity contribution in [1.29, 1.82) is 5.26 Å². The van der Waals surface area contributed by atoms with Crippen LogP contribution in [0.1, 0.15) is 11.7 Å². The van der Waals surface area contributed by atoms with Gasteiger partial charge in [0.05, 0.1) is 17.1 Å². The normalized spacial score (nSPS) is 13.8. The van der Waals surface area contributed by atoms with Crippen LogP contribution in [0.15, 0.2) is 18.5 Å². The van der Waals surface area contributed by atoms with Gasteiger partial charge in [0.2, 0.25) is 0 Å². The number of aliphatic hydroxyl groups is 2. The van der Waals surface area contributed by atoms with E-state index in [9.17, 15) is 20.4 Å². The van der Waals surface area contributed by atoms with Gasteiger partial charge < -0.3 is 15.4 Å². The SMILES string of the molecule is N#CC(O)C(O)c1c[n+]([O-])ccc1[N+](=O)[O-]. The zero-order valence-corrected chi connectivity index (χ0v) is 7.85. The first-order chi connectivity index (χ1) is 7.47. The monoisotopic (exact) mass is 225 g/mol. The minimum absolute atomic E-state index is 0.232. The summed E-state index contributed by atoms with van der Waals surface area (Å²) < 4.78 is 0.232. The minimum atomic E-state index is -1.83. The lowest BCUT2D eigenvalue weighted by Gasteiger charge is -2.10. The van der Waals surface area contributed by atoms with Crippen LogP contribution < -0.4 is 4.73 Å². The van der Waals surface area contributed by atoms with E-state index in [1.807, 2.05) is 0 Å². The fourth-order valence-electron chi connectivity index (χ4n) is 1.12. The van der Waals surface area contributed by atoms with E-state index in [1.54, 1.807) is 0 Å². The molecule has 0 saturated carbocycles. The van der Waals surface area contributed by atoms with Crippen LogP contribution >= 0.6 is 0 Å². The van der Waals surface area contributed by atoms with E-state index in [4.69, 9.17) is 10.4 Å². The van der Waals surface area contributed by atoms with Gasteiger partial charge in [-0.15, -0.1) is 0 Å². The molecule has 0 amide bonds. The Labute approximate surface area is 89.3 Å². The molecule has 8 heteroatoms. The Hall–Kier alpha value is -2.24. The van der Waals surface area contributed by atoms with Crippen molar-refractivity contribution in [3.05, 3.63) is 39.3 Å². The fraction of sp³-hybridized carbons (Fsp3) is 0.250. The molecule has 0 aliphatic rings. The average Bonchev–Trinajstić information content (AvgIpc) is 2.26. The molecule has 0 radical (unpaired) electrons. The third-order valence-corrected chi connectivity index (χ3v) is 1.89. The van der Waals surface area contributed by atoms with E-state index < -0.39 is 28.4 Å². The second-order valence-electron chi connectivity index (χ2n) is 2.92. The highest BCUT2D eigenvalue weighted by atomic mass is 16.6. The van der Waals surface area contributed by atoms with Gasteiger partial charge in [-0.25, -0.2) is 0 Å². The van der Waals surface area contributed by atoms with Gasteiger partial charge in [-0.1, -0.05) is 0 Å². The Morgan fingerprint density at radius 3 is 2.69 bits per heavy atom. The maximum absolute atomic E-state index is 10.9. The minimum Gasteiger partial charge on any atom is -0.619 e. The number of hydrogen-bond donors (Lipinski definition) is 2. The maximum Gasteiger partial charge on any atom is 0.287 e. The van der Waals surface area contributed by atoms with Crippen LogP contribution in [-0.2, 0) is 0 Å². The summed E-state index contributed by atoms with van der Waals surface area (Å²) in [7, 11) is 0. The van der Waals surface area contributed by atoms with Crippen LogP contribution in [0.2, 0.25) is 0 Å². The van der Waals surface area contributed by atoms with Crippen LogP contribution in [0, 0.1) is 26.7 Å². The molecule has 1 heterocycles. The lowest BCUT2D eigenvalue weighted by molar-refractivity contribution is -0.606. The van der Waals surface area contributed by atoms with Crippen molar-refractivity contribution in [2.75, 3.05) is 0 Å². The van der Waals surface area contributed by atoms with E-state index in [-0.39, 0.29) is 4.73 Å². The molecular weight excluding hydrogens is 218 g/mol. The maximum atomic E-state index is 10.9. The smallest absolute Gasteiger partial charge is 0.287 e. The Bertz CT molecular complexity index is 455. The van der Waals surface area contributed by atoms with Gasteiger partial charge in [0.1, 0.15) is 11.7 Å². The first-order valence-electron chi connectivity index (χ1n) is 4.10. The second-order valence-corrected chi connectivity index (χ2v) is 2.92. The molecule has 0 spiro atoms. The molecule has 8 nitrogen and oxygen atoms in total. The summed E-state index contributed by atoms with van der Waals surface area (Å²) >= 11 is 0. The van der Waals surface area contributed by atoms with Gasteiger partial charge >= 0.3 is 0 Å². The summed E-state index contributed by atoms with van der Waals surface area (Å²) in [6.45, 7) is 0. The van der Waals surface area contributed by atoms with E-state index in [0.29, 0.717) is 0 Å². The fourth-order valence-corrected chi connectivity index (χ4v) is 1.12. The number of hydrogen-bond acceptors (Lipinski definition) is 6. The summed E-state index contributed by atoms with van der Waals surface area (Å²) in [4.78, 5) is 9.75. The molecule has 0 saturated heterocycles. The summed E-state index contributed by atoms with van der Waals surface area (Å²) in [5.41, 5.74) is -0.939. The van der Waals surface area contributed by atoms with Gasteiger partial charge in [-0.3, -0.25) is 10.1 Å². The average molecular weight is 225 g/mol. The first kappa shape index (κ1) is 11.8. The molecular formula is C8H7N3O5. The number of pyridine rings is 1. The highest BCUT2D eigenvalue weighted by molar-refractivity contribution is 5.38. The standard InChI is InChI=1S/C8H7N3O5/c9-3-7(12)8(13)5-4-10(14)2-1-6(5)11(15)16/h1-2,4,7-8,12-13H. The first-order valence-corrected chi connectivity index (χ1v) is 4.10. The van der Waals surface area contributed by atoms with Crippen molar-refractivity contribution in [2.45, 2.75) is 12.2 Å². The molecule has 2 N–H and O–H groups in total. The third-order valence-electron chi connectivity index (χ3n) is 1.89. The van der Waals surface area contributed by atoms with Crippen LogP contribution in [0.4, 0.5) is 5.69 Å². The molecule has 16 heavy (non-hydrogen) atoms. The number of nitro groups is 1. The van der Waals surface area contributed by atoms with E-state index in [2.05, 4.69) is 0 Å². The van der Waals surface area contributed by atoms with Crippen LogP contribution in [0.5, 0.6) is 0 Å². The molecule has 0 fully saturated rings. The summed E-state index contributed by atoms with van der Waals surface area (Å²) in [6.07, 6.45) is -2.01. The molecule has 1 aromatic rings. The molecule has 0 aromatic carbocycles. The van der Waals surface area contributed by atoms with Crippen molar-refractivity contribution < 1.29 is 19.9 Å². The summed E-state index contributed by atoms with van der Waals surface area (Å²) in [5.74, 6) is 0.